The summed E-state index contributed by atoms with van der Waals surface area (Å²) in [4.78, 5) is 4.41. The number of nitrogens with zero attached hydrogens (tertiary/aromatic N) is 3. The third kappa shape index (κ3) is 4.72. The van der Waals surface area contributed by atoms with Gasteiger partial charge < -0.3 is 11.1 Å². The highest BCUT2D eigenvalue weighted by molar-refractivity contribution is 14.0. The predicted octanol–water partition coefficient (Wildman–Crippen LogP) is 3.42. The molecule has 0 unspecified atom stereocenters. The lowest BCUT2D eigenvalue weighted by atomic mass is 10.1. The summed E-state index contributed by atoms with van der Waals surface area (Å²) >= 11 is 0. The molecule has 0 saturated heterocycles. The van der Waals surface area contributed by atoms with Gasteiger partial charge in [-0.05, 0) is 68.9 Å². The number of nitrogens with two attached hydrogens (primary N) is 1. The molecule has 6 heteroatoms. The second-order valence-electron chi connectivity index (χ2n) is 6.23. The summed E-state index contributed by atoms with van der Waals surface area (Å²) in [5.41, 5.74) is 12.2. The van der Waals surface area contributed by atoms with Crippen LogP contribution in [0.4, 0.5) is 5.69 Å². The molecular formula is C18H26IN5. The number of hydrogen-bond acceptors (Lipinski definition) is 2. The van der Waals surface area contributed by atoms with Crippen molar-refractivity contribution in [3.63, 3.8) is 0 Å². The average molecular weight is 439 g/mol. The molecule has 0 spiro atoms. The van der Waals surface area contributed by atoms with E-state index in [0.29, 0.717) is 12.5 Å². The fraction of sp³-hybridized carbons (Fsp3) is 0.444. The Balaban J connectivity index is 0.00000208. The van der Waals surface area contributed by atoms with Gasteiger partial charge in [-0.2, -0.15) is 5.10 Å². The Morgan fingerprint density at radius 3 is 2.79 bits per heavy atom. The number of aliphatic imine (C=N–C) groups is 1. The maximum atomic E-state index is 5.98. The van der Waals surface area contributed by atoms with Crippen molar-refractivity contribution < 1.29 is 0 Å². The quantitative estimate of drug-likeness (QED) is 0.325. The van der Waals surface area contributed by atoms with Gasteiger partial charge in [0.25, 0.3) is 0 Å². The van der Waals surface area contributed by atoms with Crippen LogP contribution in [0.1, 0.15) is 35.4 Å². The van der Waals surface area contributed by atoms with E-state index in [-0.39, 0.29) is 24.0 Å². The molecule has 1 aliphatic rings. The minimum absolute atomic E-state index is 0. The molecule has 0 aliphatic heterocycles. The zero-order valence-electron chi connectivity index (χ0n) is 14.4. The first-order valence-corrected chi connectivity index (χ1v) is 8.31. The molecule has 0 radical (unpaired) electrons. The first-order chi connectivity index (χ1) is 11.1. The van der Waals surface area contributed by atoms with Crippen LogP contribution in [0.3, 0.4) is 0 Å². The number of rotatable bonds is 5. The van der Waals surface area contributed by atoms with Crippen LogP contribution >= 0.6 is 24.0 Å². The third-order valence-corrected chi connectivity index (χ3v) is 4.28. The van der Waals surface area contributed by atoms with E-state index < -0.39 is 0 Å². The lowest BCUT2D eigenvalue weighted by Gasteiger charge is -2.08. The van der Waals surface area contributed by atoms with Crippen molar-refractivity contribution in [3.05, 3.63) is 46.8 Å². The Labute approximate surface area is 160 Å². The van der Waals surface area contributed by atoms with E-state index in [4.69, 9.17) is 5.73 Å². The first kappa shape index (κ1) is 18.8. The van der Waals surface area contributed by atoms with Crippen LogP contribution in [0.15, 0.2) is 29.3 Å². The minimum atomic E-state index is 0. The summed E-state index contributed by atoms with van der Waals surface area (Å²) < 4.78 is 2.02. The number of anilines is 1. The Morgan fingerprint density at radius 1 is 1.25 bits per heavy atom. The monoisotopic (exact) mass is 439 g/mol. The first-order valence-electron chi connectivity index (χ1n) is 8.31. The van der Waals surface area contributed by atoms with Crippen LogP contribution in [0.25, 0.3) is 0 Å². The standard InChI is InChI=1S/C18H25N5.HI/c1-13-11-14(2)23(22-13)10-4-9-20-18(19)21-17-8-7-15-5-3-6-16(15)12-17;/h7-8,11-12H,3-6,9-10H2,1-2H3,(H3,19,20,21);1H. The van der Waals surface area contributed by atoms with Gasteiger partial charge in [-0.1, -0.05) is 6.07 Å². The summed E-state index contributed by atoms with van der Waals surface area (Å²) in [7, 11) is 0. The van der Waals surface area contributed by atoms with E-state index in [1.165, 1.54) is 36.1 Å². The van der Waals surface area contributed by atoms with Gasteiger partial charge in [0.15, 0.2) is 5.96 Å². The smallest absolute Gasteiger partial charge is 0.193 e. The molecule has 1 aromatic heterocycles. The van der Waals surface area contributed by atoms with E-state index in [0.717, 1.165) is 24.3 Å². The molecule has 24 heavy (non-hydrogen) atoms. The zero-order chi connectivity index (χ0) is 16.2. The molecule has 0 saturated carbocycles. The molecule has 1 aromatic carbocycles. The van der Waals surface area contributed by atoms with Crippen LogP contribution < -0.4 is 11.1 Å². The van der Waals surface area contributed by atoms with E-state index >= 15 is 0 Å². The molecule has 0 atom stereocenters. The van der Waals surface area contributed by atoms with Gasteiger partial charge in [0.2, 0.25) is 0 Å². The SMILES string of the molecule is Cc1cc(C)n(CCCN=C(N)Nc2ccc3c(c2)CCC3)n1.I. The molecule has 3 N–H and O–H groups in total. The summed E-state index contributed by atoms with van der Waals surface area (Å²) in [6.07, 6.45) is 4.55. The molecule has 2 aromatic rings. The number of aryl methyl sites for hydroxylation is 5. The Morgan fingerprint density at radius 2 is 2.04 bits per heavy atom. The van der Waals surface area contributed by atoms with Crippen LogP contribution in [0.2, 0.25) is 0 Å². The molecule has 3 rings (SSSR count). The van der Waals surface area contributed by atoms with Gasteiger partial charge in [-0.15, -0.1) is 24.0 Å². The maximum Gasteiger partial charge on any atom is 0.193 e. The summed E-state index contributed by atoms with van der Waals surface area (Å²) in [6.45, 7) is 5.66. The second kappa shape index (κ2) is 8.50. The number of guanidine groups is 1. The zero-order valence-corrected chi connectivity index (χ0v) is 16.7. The Hall–Kier alpha value is -1.57. The van der Waals surface area contributed by atoms with Crippen molar-refractivity contribution in [1.29, 1.82) is 0 Å². The molecule has 5 nitrogen and oxygen atoms in total. The number of aromatic nitrogens is 2. The van der Waals surface area contributed by atoms with Crippen LogP contribution in [-0.2, 0) is 19.4 Å². The van der Waals surface area contributed by atoms with E-state index in [1.807, 2.05) is 11.6 Å². The molecule has 0 bridgehead atoms. The average Bonchev–Trinajstić information content (AvgIpc) is 3.09. The van der Waals surface area contributed by atoms with Crippen molar-refractivity contribution in [2.45, 2.75) is 46.1 Å². The van der Waals surface area contributed by atoms with E-state index in [2.05, 4.69) is 46.6 Å². The number of fused-ring (bicyclic) bond motifs is 1. The molecule has 1 aliphatic carbocycles. The molecular weight excluding hydrogens is 413 g/mol. The third-order valence-electron chi connectivity index (χ3n) is 4.28. The lowest BCUT2D eigenvalue weighted by Crippen LogP contribution is -2.23. The van der Waals surface area contributed by atoms with E-state index in [1.54, 1.807) is 0 Å². The van der Waals surface area contributed by atoms with Crippen molar-refractivity contribution in [3.8, 4) is 0 Å². The summed E-state index contributed by atoms with van der Waals surface area (Å²) in [5.74, 6) is 0.483. The number of benzene rings is 1. The van der Waals surface area contributed by atoms with Gasteiger partial charge in [-0.25, -0.2) is 0 Å². The highest BCUT2D eigenvalue weighted by Crippen LogP contribution is 2.24. The highest BCUT2D eigenvalue weighted by Gasteiger charge is 2.10. The second-order valence-corrected chi connectivity index (χ2v) is 6.23. The van der Waals surface area contributed by atoms with E-state index in [9.17, 15) is 0 Å². The fourth-order valence-electron chi connectivity index (χ4n) is 3.16. The predicted molar refractivity (Wildman–Crippen MR) is 110 cm³/mol. The lowest BCUT2D eigenvalue weighted by molar-refractivity contribution is 0.568. The number of nitrogens with one attached hydrogen (secondary N) is 1. The topological polar surface area (TPSA) is 68.2 Å². The normalized spacial score (nSPS) is 13.5. The molecule has 1 heterocycles. The van der Waals surface area contributed by atoms with Gasteiger partial charge in [0.05, 0.1) is 5.69 Å². The number of halogens is 1. The van der Waals surface area contributed by atoms with Crippen LogP contribution in [-0.4, -0.2) is 22.3 Å². The molecule has 130 valence electrons. The fourth-order valence-corrected chi connectivity index (χ4v) is 3.16. The van der Waals surface area contributed by atoms with Gasteiger partial charge >= 0.3 is 0 Å². The van der Waals surface area contributed by atoms with Crippen molar-refractivity contribution in [2.24, 2.45) is 10.7 Å². The largest absolute Gasteiger partial charge is 0.370 e. The number of hydrogen-bond donors (Lipinski definition) is 2. The summed E-state index contributed by atoms with van der Waals surface area (Å²) in [6, 6.07) is 8.57. The van der Waals surface area contributed by atoms with Crippen LogP contribution in [0.5, 0.6) is 0 Å². The summed E-state index contributed by atoms with van der Waals surface area (Å²) in [5, 5.41) is 7.64. The Kier molecular flexibility index (Phi) is 6.65. The molecule has 0 fully saturated rings. The maximum absolute atomic E-state index is 5.98. The Bertz CT molecular complexity index is 720. The van der Waals surface area contributed by atoms with Crippen molar-refractivity contribution in [2.75, 3.05) is 11.9 Å². The van der Waals surface area contributed by atoms with Crippen molar-refractivity contribution >= 4 is 35.6 Å². The highest BCUT2D eigenvalue weighted by atomic mass is 127. The van der Waals surface area contributed by atoms with Gasteiger partial charge in [0, 0.05) is 24.5 Å². The minimum Gasteiger partial charge on any atom is -0.370 e. The molecule has 0 amide bonds. The van der Waals surface area contributed by atoms with Crippen LogP contribution in [0, 0.1) is 13.8 Å². The van der Waals surface area contributed by atoms with Gasteiger partial charge in [0.1, 0.15) is 0 Å². The van der Waals surface area contributed by atoms with Gasteiger partial charge in [-0.3, -0.25) is 9.67 Å². The van der Waals surface area contributed by atoms with Crippen molar-refractivity contribution in [1.82, 2.24) is 9.78 Å².